The molecule has 0 aliphatic rings. The lowest BCUT2D eigenvalue weighted by atomic mass is 9.94. The SMILES string of the molecule is CCC(CC)(CO)NC(=O)Nc1ccc(OCC(F)(F)F)cc1. The Morgan fingerprint density at radius 1 is 1.17 bits per heavy atom. The van der Waals surface area contributed by atoms with Crippen LogP contribution >= 0.6 is 0 Å². The minimum Gasteiger partial charge on any atom is -0.484 e. The maximum atomic E-state index is 12.0. The molecule has 0 bridgehead atoms. The van der Waals surface area contributed by atoms with Gasteiger partial charge in [0.25, 0.3) is 0 Å². The number of alkyl halides is 3. The third kappa shape index (κ3) is 6.35. The standard InChI is InChI=1S/C15H21F3N2O3/c1-3-14(4-2,9-21)20-13(22)19-11-5-7-12(8-6-11)23-10-15(16,17)18/h5-8,21H,3-4,9-10H2,1-2H3,(H2,19,20,22). The first-order valence-electron chi connectivity index (χ1n) is 7.23. The van der Waals surface area contributed by atoms with E-state index in [4.69, 9.17) is 0 Å². The largest absolute Gasteiger partial charge is 0.484 e. The van der Waals surface area contributed by atoms with Crippen molar-refractivity contribution in [3.8, 4) is 5.75 Å². The lowest BCUT2D eigenvalue weighted by molar-refractivity contribution is -0.153. The van der Waals surface area contributed by atoms with Crippen LogP contribution in [0.1, 0.15) is 26.7 Å². The zero-order chi connectivity index (χ0) is 17.5. The number of rotatable bonds is 7. The predicted molar refractivity (Wildman–Crippen MR) is 80.5 cm³/mol. The third-order valence-corrected chi connectivity index (χ3v) is 3.55. The lowest BCUT2D eigenvalue weighted by Crippen LogP contribution is -2.51. The second-order valence-corrected chi connectivity index (χ2v) is 5.15. The molecule has 23 heavy (non-hydrogen) atoms. The molecule has 3 N–H and O–H groups in total. The van der Waals surface area contributed by atoms with Gasteiger partial charge in [-0.2, -0.15) is 13.2 Å². The van der Waals surface area contributed by atoms with Gasteiger partial charge < -0.3 is 20.5 Å². The normalized spacial score (nSPS) is 11.9. The summed E-state index contributed by atoms with van der Waals surface area (Å²) in [5, 5.41) is 14.7. The maximum Gasteiger partial charge on any atom is 0.422 e. The highest BCUT2D eigenvalue weighted by molar-refractivity contribution is 5.89. The summed E-state index contributed by atoms with van der Waals surface area (Å²) in [7, 11) is 0. The molecular weight excluding hydrogens is 313 g/mol. The number of carbonyl (C=O) groups excluding carboxylic acids is 1. The minimum absolute atomic E-state index is 0.0557. The van der Waals surface area contributed by atoms with Crippen molar-refractivity contribution in [1.82, 2.24) is 5.32 Å². The summed E-state index contributed by atoms with van der Waals surface area (Å²) in [4.78, 5) is 11.9. The van der Waals surface area contributed by atoms with E-state index in [0.29, 0.717) is 18.5 Å². The molecule has 0 atom stereocenters. The Morgan fingerprint density at radius 2 is 1.74 bits per heavy atom. The van der Waals surface area contributed by atoms with Gasteiger partial charge in [-0.15, -0.1) is 0 Å². The van der Waals surface area contributed by atoms with Crippen LogP contribution in [0.4, 0.5) is 23.7 Å². The Balaban J connectivity index is 2.59. The molecule has 1 aromatic rings. The van der Waals surface area contributed by atoms with Gasteiger partial charge in [0.15, 0.2) is 6.61 Å². The second-order valence-electron chi connectivity index (χ2n) is 5.15. The summed E-state index contributed by atoms with van der Waals surface area (Å²) < 4.78 is 40.7. The van der Waals surface area contributed by atoms with Crippen molar-refractivity contribution in [2.24, 2.45) is 0 Å². The number of halogens is 3. The van der Waals surface area contributed by atoms with Crippen molar-refractivity contribution in [1.29, 1.82) is 0 Å². The van der Waals surface area contributed by atoms with Crippen LogP contribution in [0.25, 0.3) is 0 Å². The van der Waals surface area contributed by atoms with Gasteiger partial charge in [0.1, 0.15) is 5.75 Å². The van der Waals surface area contributed by atoms with Crippen LogP contribution in [-0.4, -0.2) is 36.1 Å². The number of hydrogen-bond donors (Lipinski definition) is 3. The summed E-state index contributed by atoms with van der Waals surface area (Å²) in [5.74, 6) is 0.0557. The number of anilines is 1. The highest BCUT2D eigenvalue weighted by Crippen LogP contribution is 2.20. The van der Waals surface area contributed by atoms with Crippen LogP contribution in [0.3, 0.4) is 0 Å². The molecule has 0 aromatic heterocycles. The number of urea groups is 1. The maximum absolute atomic E-state index is 12.0. The minimum atomic E-state index is -4.40. The monoisotopic (exact) mass is 334 g/mol. The number of hydrogen-bond acceptors (Lipinski definition) is 3. The molecule has 0 radical (unpaired) electrons. The van der Waals surface area contributed by atoms with Crippen LogP contribution in [0.5, 0.6) is 5.75 Å². The summed E-state index contributed by atoms with van der Waals surface area (Å²) >= 11 is 0. The van der Waals surface area contributed by atoms with Crippen LogP contribution < -0.4 is 15.4 Å². The Kier molecular flexibility index (Phi) is 6.68. The van der Waals surface area contributed by atoms with Crippen molar-refractivity contribution in [3.63, 3.8) is 0 Å². The van der Waals surface area contributed by atoms with E-state index in [9.17, 15) is 23.1 Å². The van der Waals surface area contributed by atoms with E-state index in [1.54, 1.807) is 0 Å². The Morgan fingerprint density at radius 3 is 2.17 bits per heavy atom. The summed E-state index contributed by atoms with van der Waals surface area (Å²) in [6, 6.07) is 5.04. The fourth-order valence-electron chi connectivity index (χ4n) is 1.89. The summed E-state index contributed by atoms with van der Waals surface area (Å²) in [6.07, 6.45) is -3.26. The molecule has 0 heterocycles. The van der Waals surface area contributed by atoms with Crippen molar-refractivity contribution in [3.05, 3.63) is 24.3 Å². The average molecular weight is 334 g/mol. The van der Waals surface area contributed by atoms with Crippen molar-refractivity contribution in [2.75, 3.05) is 18.5 Å². The third-order valence-electron chi connectivity index (χ3n) is 3.55. The molecule has 5 nitrogen and oxygen atoms in total. The van der Waals surface area contributed by atoms with Crippen LogP contribution in [-0.2, 0) is 0 Å². The molecule has 0 unspecified atom stereocenters. The van der Waals surface area contributed by atoms with Crippen LogP contribution in [0.2, 0.25) is 0 Å². The van der Waals surface area contributed by atoms with Gasteiger partial charge >= 0.3 is 12.2 Å². The van der Waals surface area contributed by atoms with Gasteiger partial charge in [0.2, 0.25) is 0 Å². The quantitative estimate of drug-likeness (QED) is 0.716. The van der Waals surface area contributed by atoms with Crippen LogP contribution in [0.15, 0.2) is 24.3 Å². The van der Waals surface area contributed by atoms with E-state index >= 15 is 0 Å². The smallest absolute Gasteiger partial charge is 0.422 e. The predicted octanol–water partition coefficient (Wildman–Crippen LogP) is 3.30. The molecular formula is C15H21F3N2O3. The molecule has 0 spiro atoms. The van der Waals surface area contributed by atoms with Gasteiger partial charge in [-0.25, -0.2) is 4.79 Å². The van der Waals surface area contributed by atoms with Crippen molar-refractivity contribution < 1.29 is 27.8 Å². The van der Waals surface area contributed by atoms with E-state index in [1.165, 1.54) is 24.3 Å². The number of ether oxygens (including phenoxy) is 1. The number of benzene rings is 1. The summed E-state index contributed by atoms with van der Waals surface area (Å²) in [5.41, 5.74) is -0.291. The Bertz CT molecular complexity index is 491. The molecule has 130 valence electrons. The zero-order valence-corrected chi connectivity index (χ0v) is 13.0. The first-order valence-corrected chi connectivity index (χ1v) is 7.23. The molecule has 0 aliphatic heterocycles. The first-order chi connectivity index (χ1) is 10.7. The summed E-state index contributed by atoms with van der Waals surface area (Å²) in [6.45, 7) is 2.16. The molecule has 1 aromatic carbocycles. The number of carbonyl (C=O) groups is 1. The first kappa shape index (κ1) is 19.1. The molecule has 0 saturated carbocycles. The lowest BCUT2D eigenvalue weighted by Gasteiger charge is -2.30. The number of aliphatic hydroxyl groups is 1. The van der Waals surface area contributed by atoms with Crippen LogP contribution in [0, 0.1) is 0 Å². The van der Waals surface area contributed by atoms with E-state index in [-0.39, 0.29) is 12.4 Å². The van der Waals surface area contributed by atoms with E-state index in [0.717, 1.165) is 0 Å². The molecule has 0 aliphatic carbocycles. The number of nitrogens with one attached hydrogen (secondary N) is 2. The molecule has 1 rings (SSSR count). The van der Waals surface area contributed by atoms with Gasteiger partial charge in [0, 0.05) is 5.69 Å². The van der Waals surface area contributed by atoms with Crippen molar-refractivity contribution in [2.45, 2.75) is 38.4 Å². The number of aliphatic hydroxyl groups excluding tert-OH is 1. The fraction of sp³-hybridized carbons (Fsp3) is 0.533. The molecule has 0 saturated heterocycles. The highest BCUT2D eigenvalue weighted by atomic mass is 19.4. The Hall–Kier alpha value is -1.96. The number of amides is 2. The topological polar surface area (TPSA) is 70.6 Å². The van der Waals surface area contributed by atoms with E-state index in [2.05, 4.69) is 15.4 Å². The van der Waals surface area contributed by atoms with Gasteiger partial charge in [0.05, 0.1) is 12.1 Å². The van der Waals surface area contributed by atoms with E-state index < -0.39 is 24.4 Å². The second kappa shape index (κ2) is 8.05. The van der Waals surface area contributed by atoms with E-state index in [1.807, 2.05) is 13.8 Å². The van der Waals surface area contributed by atoms with Gasteiger partial charge in [-0.1, -0.05) is 13.8 Å². The molecule has 0 fully saturated rings. The van der Waals surface area contributed by atoms with Crippen molar-refractivity contribution >= 4 is 11.7 Å². The Labute approximate surface area is 132 Å². The van der Waals surface area contributed by atoms with Gasteiger partial charge in [-0.05, 0) is 37.1 Å². The zero-order valence-electron chi connectivity index (χ0n) is 13.0. The highest BCUT2D eigenvalue weighted by Gasteiger charge is 2.28. The molecule has 2 amide bonds. The average Bonchev–Trinajstić information content (AvgIpc) is 2.51. The van der Waals surface area contributed by atoms with Gasteiger partial charge in [-0.3, -0.25) is 0 Å². The fourth-order valence-corrected chi connectivity index (χ4v) is 1.89. The molecule has 8 heteroatoms.